The van der Waals surface area contributed by atoms with Gasteiger partial charge in [0.1, 0.15) is 0 Å². The van der Waals surface area contributed by atoms with Gasteiger partial charge in [0.15, 0.2) is 0 Å². The van der Waals surface area contributed by atoms with Gasteiger partial charge in [-0.2, -0.15) is 0 Å². The first-order valence-corrected chi connectivity index (χ1v) is 23.7. The molecular weight excluding hydrogens is 819 g/mol. The Hall–Kier alpha value is -8.78. The fraction of sp³-hybridized carbons (Fsp3) is 0.0149. The van der Waals surface area contributed by atoms with Crippen LogP contribution in [0.25, 0.3) is 115 Å². The minimum Gasteiger partial charge on any atom is -0.309 e. The van der Waals surface area contributed by atoms with Crippen molar-refractivity contribution in [1.29, 1.82) is 0 Å². The van der Waals surface area contributed by atoms with Gasteiger partial charge in [0.2, 0.25) is 0 Å². The lowest BCUT2D eigenvalue weighted by Gasteiger charge is -2.31. The van der Waals surface area contributed by atoms with Crippen molar-refractivity contribution in [1.82, 2.24) is 4.57 Å². The average Bonchev–Trinajstić information content (AvgIpc) is 4.01. The Morgan fingerprint density at radius 3 is 1.44 bits per heavy atom. The lowest BCUT2D eigenvalue weighted by Crippen LogP contribution is -2.26. The maximum Gasteiger partial charge on any atom is 0.0726 e. The van der Waals surface area contributed by atoms with Crippen molar-refractivity contribution in [3.8, 4) is 61.3 Å². The Kier molecular flexibility index (Phi) is 7.77. The SMILES string of the molecule is c1ccc(-c2c3ccccc3c(-c3ccc4c(c3)C3(c5ccccc5-c5ccccc53)c3cc(-n5c6ccccc6c6cc(-c7ccc8ccccc8c7)ccc65)ccc3-4)c3ccccc23)cc1. The Balaban J connectivity index is 0.981. The molecular formula is C67H41N. The van der Waals surface area contributed by atoms with E-state index in [1.807, 2.05) is 0 Å². The summed E-state index contributed by atoms with van der Waals surface area (Å²) < 4.78 is 2.50. The van der Waals surface area contributed by atoms with Gasteiger partial charge >= 0.3 is 0 Å². The predicted molar refractivity (Wildman–Crippen MR) is 286 cm³/mol. The smallest absolute Gasteiger partial charge is 0.0726 e. The van der Waals surface area contributed by atoms with Crippen LogP contribution in [0.15, 0.2) is 249 Å². The molecule has 15 rings (SSSR count). The molecule has 0 fully saturated rings. The highest BCUT2D eigenvalue weighted by Gasteiger charge is 2.52. The number of para-hydroxylation sites is 1. The van der Waals surface area contributed by atoms with Crippen molar-refractivity contribution >= 4 is 54.1 Å². The molecule has 0 radical (unpaired) electrons. The highest BCUT2D eigenvalue weighted by Crippen LogP contribution is 2.63. The molecule has 13 aromatic rings. The van der Waals surface area contributed by atoms with Gasteiger partial charge in [-0.15, -0.1) is 0 Å². The van der Waals surface area contributed by atoms with E-state index in [4.69, 9.17) is 0 Å². The monoisotopic (exact) mass is 859 g/mol. The minimum absolute atomic E-state index is 0.540. The van der Waals surface area contributed by atoms with Crippen LogP contribution < -0.4 is 0 Å². The third-order valence-corrected chi connectivity index (χ3v) is 15.4. The summed E-state index contributed by atoms with van der Waals surface area (Å²) in [5, 5.41) is 10.1. The molecule has 314 valence electrons. The number of nitrogens with zero attached hydrogens (tertiary/aromatic N) is 1. The van der Waals surface area contributed by atoms with Crippen molar-refractivity contribution in [3.63, 3.8) is 0 Å². The van der Waals surface area contributed by atoms with Gasteiger partial charge < -0.3 is 4.57 Å². The summed E-state index contributed by atoms with van der Waals surface area (Å²) in [5.74, 6) is 0. The normalized spacial score (nSPS) is 13.1. The van der Waals surface area contributed by atoms with Crippen molar-refractivity contribution in [2.75, 3.05) is 0 Å². The summed E-state index contributed by atoms with van der Waals surface area (Å²) in [5.41, 5.74) is 21.0. The topological polar surface area (TPSA) is 4.93 Å². The van der Waals surface area contributed by atoms with E-state index in [2.05, 4.69) is 253 Å². The molecule has 1 nitrogen and oxygen atoms in total. The van der Waals surface area contributed by atoms with Gasteiger partial charge in [0.05, 0.1) is 16.4 Å². The molecule has 12 aromatic carbocycles. The van der Waals surface area contributed by atoms with E-state index in [1.165, 1.54) is 132 Å². The van der Waals surface area contributed by atoms with Crippen molar-refractivity contribution in [2.45, 2.75) is 5.41 Å². The van der Waals surface area contributed by atoms with Crippen LogP contribution in [-0.4, -0.2) is 4.57 Å². The number of fused-ring (bicyclic) bond motifs is 16. The van der Waals surface area contributed by atoms with E-state index in [0.717, 1.165) is 5.69 Å². The standard InChI is InChI=1S/C67H41N/c1-2-17-43(18-3-1)65-54-23-6-8-25-56(54)66(57-26-9-7-24-55(57)65)47-32-35-51-52-36-34-48(41-62(52)67(61(51)40-47)59-27-13-10-20-49(59)50-21-11-14-28-60(50)67)68-63-29-15-12-22-53(63)58-39-46(33-37-64(58)68)45-31-30-42-16-4-5-19-44(42)38-45/h1-41H. The number of aromatic nitrogens is 1. The molecule has 0 saturated heterocycles. The summed E-state index contributed by atoms with van der Waals surface area (Å²) in [6.07, 6.45) is 0. The van der Waals surface area contributed by atoms with E-state index in [9.17, 15) is 0 Å². The second-order valence-corrected chi connectivity index (χ2v) is 18.7. The van der Waals surface area contributed by atoms with Gasteiger partial charge in [-0.3, -0.25) is 0 Å². The first-order valence-electron chi connectivity index (χ1n) is 23.7. The molecule has 1 spiro atoms. The van der Waals surface area contributed by atoms with Crippen LogP contribution in [0.5, 0.6) is 0 Å². The van der Waals surface area contributed by atoms with Crippen LogP contribution in [-0.2, 0) is 5.41 Å². The van der Waals surface area contributed by atoms with Gasteiger partial charge in [-0.25, -0.2) is 0 Å². The molecule has 0 amide bonds. The van der Waals surface area contributed by atoms with Crippen LogP contribution in [0.1, 0.15) is 22.3 Å². The molecule has 1 heteroatoms. The number of hydrogen-bond donors (Lipinski definition) is 0. The fourth-order valence-electron chi connectivity index (χ4n) is 12.6. The zero-order chi connectivity index (χ0) is 44.5. The summed E-state index contributed by atoms with van der Waals surface area (Å²) in [7, 11) is 0. The van der Waals surface area contributed by atoms with E-state index < -0.39 is 5.41 Å². The van der Waals surface area contributed by atoms with Crippen LogP contribution >= 0.6 is 0 Å². The van der Waals surface area contributed by atoms with Crippen LogP contribution in [0, 0.1) is 0 Å². The second-order valence-electron chi connectivity index (χ2n) is 18.7. The lowest BCUT2D eigenvalue weighted by molar-refractivity contribution is 0.793. The Morgan fingerprint density at radius 2 is 0.735 bits per heavy atom. The van der Waals surface area contributed by atoms with E-state index in [1.54, 1.807) is 0 Å². The van der Waals surface area contributed by atoms with Gasteiger partial charge in [0, 0.05) is 16.5 Å². The fourth-order valence-corrected chi connectivity index (χ4v) is 12.6. The van der Waals surface area contributed by atoms with Gasteiger partial charge in [-0.1, -0.05) is 206 Å². The van der Waals surface area contributed by atoms with Crippen LogP contribution in [0.3, 0.4) is 0 Å². The maximum absolute atomic E-state index is 2.55. The molecule has 1 aromatic heterocycles. The molecule has 1 heterocycles. The Morgan fingerprint density at radius 1 is 0.250 bits per heavy atom. The third-order valence-electron chi connectivity index (χ3n) is 15.4. The first-order chi connectivity index (χ1) is 33.7. The summed E-state index contributed by atoms with van der Waals surface area (Å²) in [4.78, 5) is 0. The molecule has 0 bridgehead atoms. The highest BCUT2D eigenvalue weighted by atomic mass is 15.0. The Bertz CT molecular complexity index is 4160. The van der Waals surface area contributed by atoms with E-state index in [-0.39, 0.29) is 0 Å². The van der Waals surface area contributed by atoms with Crippen LogP contribution in [0.2, 0.25) is 0 Å². The zero-order valence-electron chi connectivity index (χ0n) is 37.1. The summed E-state index contributed by atoms with van der Waals surface area (Å²) in [6.45, 7) is 0. The molecule has 0 saturated carbocycles. The summed E-state index contributed by atoms with van der Waals surface area (Å²) >= 11 is 0. The molecule has 0 unspecified atom stereocenters. The number of benzene rings is 12. The molecule has 2 aliphatic carbocycles. The van der Waals surface area contributed by atoms with Gasteiger partial charge in [-0.05, 0) is 153 Å². The molecule has 0 atom stereocenters. The summed E-state index contributed by atoms with van der Waals surface area (Å²) in [6, 6.07) is 93.3. The van der Waals surface area contributed by atoms with Crippen molar-refractivity contribution in [3.05, 3.63) is 271 Å². The van der Waals surface area contributed by atoms with E-state index in [0.29, 0.717) is 0 Å². The van der Waals surface area contributed by atoms with Crippen molar-refractivity contribution < 1.29 is 0 Å². The van der Waals surface area contributed by atoms with Crippen molar-refractivity contribution in [2.24, 2.45) is 0 Å². The third kappa shape index (κ3) is 5.05. The average molecular weight is 860 g/mol. The lowest BCUT2D eigenvalue weighted by atomic mass is 9.70. The molecule has 0 aliphatic heterocycles. The largest absolute Gasteiger partial charge is 0.309 e. The van der Waals surface area contributed by atoms with E-state index >= 15 is 0 Å². The molecule has 68 heavy (non-hydrogen) atoms. The second kappa shape index (κ2) is 14.1. The van der Waals surface area contributed by atoms with Gasteiger partial charge in [0.25, 0.3) is 0 Å². The number of hydrogen-bond acceptors (Lipinski definition) is 0. The molecule has 2 aliphatic rings. The molecule has 0 N–H and O–H groups in total. The quantitative estimate of drug-likeness (QED) is 0.155. The predicted octanol–water partition coefficient (Wildman–Crippen LogP) is 17.6. The van der Waals surface area contributed by atoms with Crippen LogP contribution in [0.4, 0.5) is 0 Å². The maximum atomic E-state index is 2.55. The minimum atomic E-state index is -0.540. The Labute approximate surface area is 394 Å². The zero-order valence-corrected chi connectivity index (χ0v) is 37.1. The first kappa shape index (κ1) is 37.4. The number of rotatable bonds is 4. The highest BCUT2D eigenvalue weighted by molar-refractivity contribution is 6.21.